The summed E-state index contributed by atoms with van der Waals surface area (Å²) in [7, 11) is 0. The van der Waals surface area contributed by atoms with Crippen molar-refractivity contribution in [1.29, 1.82) is 0 Å². The van der Waals surface area contributed by atoms with E-state index in [0.717, 1.165) is 0 Å². The van der Waals surface area contributed by atoms with Gasteiger partial charge in [0.15, 0.2) is 0 Å². The molecule has 106 valence electrons. The lowest BCUT2D eigenvalue weighted by molar-refractivity contribution is -0.139. The van der Waals surface area contributed by atoms with Crippen molar-refractivity contribution in [2.75, 3.05) is 12.0 Å². The minimum atomic E-state index is -1.00. The van der Waals surface area contributed by atoms with Crippen molar-refractivity contribution in [1.82, 2.24) is 5.32 Å². The Labute approximate surface area is 120 Å². The van der Waals surface area contributed by atoms with E-state index in [1.807, 2.05) is 6.26 Å². The van der Waals surface area contributed by atoms with Crippen LogP contribution in [-0.2, 0) is 11.3 Å². The van der Waals surface area contributed by atoms with Crippen LogP contribution in [0.1, 0.15) is 12.0 Å². The van der Waals surface area contributed by atoms with Gasteiger partial charge in [0, 0.05) is 12.1 Å². The van der Waals surface area contributed by atoms with Crippen molar-refractivity contribution in [2.24, 2.45) is 0 Å². The molecule has 1 unspecified atom stereocenters. The van der Waals surface area contributed by atoms with Crippen molar-refractivity contribution in [3.05, 3.63) is 28.5 Å². The Kier molecular flexibility index (Phi) is 6.41. The molecule has 0 heterocycles. The van der Waals surface area contributed by atoms with Crippen LogP contribution in [0.4, 0.5) is 4.39 Å². The van der Waals surface area contributed by atoms with E-state index in [-0.39, 0.29) is 22.9 Å². The summed E-state index contributed by atoms with van der Waals surface area (Å²) in [6, 6.07) is 1.74. The van der Waals surface area contributed by atoms with E-state index in [1.54, 1.807) is 0 Å². The molecule has 0 saturated heterocycles. The number of hydrogen-bond donors (Lipinski definition) is 3. The third-order valence-corrected chi connectivity index (χ3v) is 3.54. The van der Waals surface area contributed by atoms with Crippen molar-refractivity contribution in [3.63, 3.8) is 0 Å². The quantitative estimate of drug-likeness (QED) is 0.722. The van der Waals surface area contributed by atoms with Crippen LogP contribution in [-0.4, -0.2) is 34.2 Å². The molecule has 0 aliphatic heterocycles. The number of rotatable bonds is 7. The Morgan fingerprint density at radius 1 is 1.58 bits per heavy atom. The minimum absolute atomic E-state index is 0.0251. The molecule has 0 fully saturated rings. The highest BCUT2D eigenvalue weighted by atomic mass is 35.5. The van der Waals surface area contributed by atoms with E-state index in [9.17, 15) is 14.3 Å². The van der Waals surface area contributed by atoms with Crippen LogP contribution in [0.25, 0.3) is 0 Å². The molecule has 0 spiro atoms. The van der Waals surface area contributed by atoms with E-state index in [1.165, 1.54) is 23.9 Å². The van der Waals surface area contributed by atoms with Crippen LogP contribution >= 0.6 is 23.4 Å². The lowest BCUT2D eigenvalue weighted by Gasteiger charge is -2.15. The van der Waals surface area contributed by atoms with Gasteiger partial charge in [0.1, 0.15) is 17.6 Å². The van der Waals surface area contributed by atoms with Crippen LogP contribution in [0.15, 0.2) is 12.1 Å². The van der Waals surface area contributed by atoms with Crippen LogP contribution < -0.4 is 5.32 Å². The second kappa shape index (κ2) is 7.57. The molecule has 3 N–H and O–H groups in total. The highest BCUT2D eigenvalue weighted by molar-refractivity contribution is 7.98. The van der Waals surface area contributed by atoms with E-state index < -0.39 is 17.8 Å². The monoisotopic (exact) mass is 307 g/mol. The molecule has 1 aromatic rings. The first-order chi connectivity index (χ1) is 8.97. The number of thioether (sulfide) groups is 1. The molecule has 4 nitrogen and oxygen atoms in total. The predicted octanol–water partition coefficient (Wildman–Crippen LogP) is 2.48. The zero-order valence-corrected chi connectivity index (χ0v) is 11.9. The number of nitrogens with one attached hydrogen (secondary N) is 1. The Morgan fingerprint density at radius 2 is 2.26 bits per heavy atom. The standard InChI is InChI=1S/C12H15ClFNO3S/c1-19-5-4-9(12(17)18)15-6-7-10(16)3-2-8(13)11(7)14/h2-3,9,15-16H,4-6H2,1H3,(H,17,18). The van der Waals surface area contributed by atoms with Gasteiger partial charge in [0.05, 0.1) is 5.02 Å². The molecule has 19 heavy (non-hydrogen) atoms. The van der Waals surface area contributed by atoms with Crippen LogP contribution in [0.3, 0.4) is 0 Å². The van der Waals surface area contributed by atoms with Crippen molar-refractivity contribution in [2.45, 2.75) is 19.0 Å². The summed E-state index contributed by atoms with van der Waals surface area (Å²) in [5.41, 5.74) is -0.0251. The van der Waals surface area contributed by atoms with Gasteiger partial charge in [-0.05, 0) is 30.6 Å². The van der Waals surface area contributed by atoms with Gasteiger partial charge in [-0.2, -0.15) is 11.8 Å². The normalized spacial score (nSPS) is 12.4. The molecule has 1 rings (SSSR count). The topological polar surface area (TPSA) is 69.6 Å². The maximum atomic E-state index is 13.7. The largest absolute Gasteiger partial charge is 0.508 e. The first-order valence-corrected chi connectivity index (χ1v) is 7.35. The summed E-state index contributed by atoms with van der Waals surface area (Å²) in [6.07, 6.45) is 2.29. The molecule has 0 amide bonds. The van der Waals surface area contributed by atoms with E-state index in [0.29, 0.717) is 12.2 Å². The molecule has 0 aliphatic carbocycles. The fraction of sp³-hybridized carbons (Fsp3) is 0.417. The number of carbonyl (C=O) groups is 1. The first-order valence-electron chi connectivity index (χ1n) is 5.58. The number of benzene rings is 1. The maximum absolute atomic E-state index is 13.7. The van der Waals surface area contributed by atoms with Crippen molar-refractivity contribution >= 4 is 29.3 Å². The Balaban J connectivity index is 2.74. The third kappa shape index (κ3) is 4.56. The molecule has 1 atom stereocenters. The van der Waals surface area contributed by atoms with Gasteiger partial charge in [-0.15, -0.1) is 0 Å². The Morgan fingerprint density at radius 3 is 2.84 bits per heavy atom. The van der Waals surface area contributed by atoms with Crippen molar-refractivity contribution in [3.8, 4) is 5.75 Å². The molecular weight excluding hydrogens is 293 g/mol. The highest BCUT2D eigenvalue weighted by Gasteiger charge is 2.18. The number of carboxylic acid groups (broad SMARTS) is 1. The summed E-state index contributed by atoms with van der Waals surface area (Å²) < 4.78 is 13.7. The number of phenols is 1. The smallest absolute Gasteiger partial charge is 0.320 e. The molecule has 0 saturated carbocycles. The molecule has 0 aromatic heterocycles. The number of carboxylic acids is 1. The summed E-state index contributed by atoms with van der Waals surface area (Å²) in [4.78, 5) is 11.0. The number of hydrogen-bond acceptors (Lipinski definition) is 4. The minimum Gasteiger partial charge on any atom is -0.508 e. The van der Waals surface area contributed by atoms with E-state index in [2.05, 4.69) is 5.32 Å². The van der Waals surface area contributed by atoms with Crippen molar-refractivity contribution < 1.29 is 19.4 Å². The lowest BCUT2D eigenvalue weighted by Crippen LogP contribution is -2.36. The fourth-order valence-electron chi connectivity index (χ4n) is 1.52. The van der Waals surface area contributed by atoms with Gasteiger partial charge in [-0.3, -0.25) is 4.79 Å². The molecule has 1 aromatic carbocycles. The summed E-state index contributed by atoms with van der Waals surface area (Å²) in [6.45, 7) is -0.0937. The maximum Gasteiger partial charge on any atom is 0.320 e. The number of halogens is 2. The van der Waals surface area contributed by atoms with Crippen LogP contribution in [0.2, 0.25) is 5.02 Å². The number of aromatic hydroxyl groups is 1. The second-order valence-corrected chi connectivity index (χ2v) is 5.31. The lowest BCUT2D eigenvalue weighted by atomic mass is 10.1. The number of aliphatic carboxylic acids is 1. The van der Waals surface area contributed by atoms with Crippen LogP contribution in [0, 0.1) is 5.82 Å². The SMILES string of the molecule is CSCCC(NCc1c(O)ccc(Cl)c1F)C(=O)O. The fourth-order valence-corrected chi connectivity index (χ4v) is 2.17. The molecule has 0 aliphatic rings. The zero-order chi connectivity index (χ0) is 14.4. The summed E-state index contributed by atoms with van der Waals surface area (Å²) in [5, 5.41) is 21.2. The van der Waals surface area contributed by atoms with E-state index in [4.69, 9.17) is 16.7 Å². The first kappa shape index (κ1) is 16.1. The Bertz CT molecular complexity index is 459. The summed E-state index contributed by atoms with van der Waals surface area (Å²) >= 11 is 7.14. The van der Waals surface area contributed by atoms with Gasteiger partial charge in [0.2, 0.25) is 0 Å². The number of phenolic OH excluding ortho intramolecular Hbond substituents is 1. The molecule has 0 bridgehead atoms. The Hall–Kier alpha value is -0.980. The average molecular weight is 308 g/mol. The zero-order valence-electron chi connectivity index (χ0n) is 10.3. The predicted molar refractivity (Wildman–Crippen MR) is 74.3 cm³/mol. The molecule has 0 radical (unpaired) electrons. The highest BCUT2D eigenvalue weighted by Crippen LogP contribution is 2.26. The average Bonchev–Trinajstić information content (AvgIpc) is 2.37. The van der Waals surface area contributed by atoms with Gasteiger partial charge in [-0.1, -0.05) is 11.6 Å². The van der Waals surface area contributed by atoms with Gasteiger partial charge >= 0.3 is 5.97 Å². The van der Waals surface area contributed by atoms with Crippen LogP contribution in [0.5, 0.6) is 5.75 Å². The third-order valence-electron chi connectivity index (χ3n) is 2.61. The van der Waals surface area contributed by atoms with Gasteiger partial charge in [-0.25, -0.2) is 4.39 Å². The van der Waals surface area contributed by atoms with E-state index >= 15 is 0 Å². The molecule has 7 heteroatoms. The summed E-state index contributed by atoms with van der Waals surface area (Å²) in [5.74, 6) is -1.31. The molecular formula is C12H15ClFNO3S. The van der Waals surface area contributed by atoms with Gasteiger partial charge < -0.3 is 15.5 Å². The second-order valence-electron chi connectivity index (χ2n) is 3.91. The van der Waals surface area contributed by atoms with Gasteiger partial charge in [0.25, 0.3) is 0 Å².